The van der Waals surface area contributed by atoms with Crippen molar-refractivity contribution in [3.05, 3.63) is 23.8 Å². The predicted molar refractivity (Wildman–Crippen MR) is 95.5 cm³/mol. The van der Waals surface area contributed by atoms with Gasteiger partial charge in [0.2, 0.25) is 0 Å². The summed E-state index contributed by atoms with van der Waals surface area (Å²) in [6.45, 7) is 8.50. The number of aryl methyl sites for hydroxylation is 1. The summed E-state index contributed by atoms with van der Waals surface area (Å²) >= 11 is 0. The predicted octanol–water partition coefficient (Wildman–Crippen LogP) is 3.53. The molecule has 3 nitrogen and oxygen atoms in total. The number of hydrogen-bond acceptors (Lipinski definition) is 3. The third-order valence-corrected chi connectivity index (χ3v) is 5.35. The van der Waals surface area contributed by atoms with E-state index in [1.54, 1.807) is 0 Å². The molecule has 3 rings (SSSR count). The molecular formula is C19H31N3. The zero-order valence-electron chi connectivity index (χ0n) is 14.1. The van der Waals surface area contributed by atoms with Crippen LogP contribution >= 0.6 is 0 Å². The van der Waals surface area contributed by atoms with Crippen LogP contribution in [0.15, 0.2) is 18.2 Å². The van der Waals surface area contributed by atoms with E-state index in [9.17, 15) is 0 Å². The average Bonchev–Trinajstić information content (AvgIpc) is 3.02. The molecule has 1 aromatic rings. The van der Waals surface area contributed by atoms with E-state index in [1.807, 2.05) is 0 Å². The standard InChI is InChI=1S/C19H31N3/c1-16-8-13-22(14-9-16)19-7-6-17(15-18(19)20)5-4-12-21-10-2-3-11-21/h6-7,15-16H,2-5,8-14,20H2,1H3. The maximum atomic E-state index is 6.33. The minimum absolute atomic E-state index is 0.863. The molecule has 0 saturated carbocycles. The molecule has 0 spiro atoms. The van der Waals surface area contributed by atoms with Crippen molar-refractivity contribution < 1.29 is 0 Å². The lowest BCUT2D eigenvalue weighted by Gasteiger charge is -2.33. The smallest absolute Gasteiger partial charge is 0.0600 e. The van der Waals surface area contributed by atoms with Gasteiger partial charge >= 0.3 is 0 Å². The molecule has 1 aromatic carbocycles. The minimum Gasteiger partial charge on any atom is -0.397 e. The number of nitrogens with zero attached hydrogens (tertiary/aromatic N) is 2. The van der Waals surface area contributed by atoms with Crippen LogP contribution in [-0.4, -0.2) is 37.6 Å². The number of anilines is 2. The van der Waals surface area contributed by atoms with E-state index < -0.39 is 0 Å². The number of likely N-dealkylation sites (tertiary alicyclic amines) is 1. The summed E-state index contributed by atoms with van der Waals surface area (Å²) < 4.78 is 0. The highest BCUT2D eigenvalue weighted by molar-refractivity contribution is 5.68. The number of hydrogen-bond donors (Lipinski definition) is 1. The maximum absolute atomic E-state index is 6.33. The molecule has 0 atom stereocenters. The summed E-state index contributed by atoms with van der Waals surface area (Å²) in [4.78, 5) is 5.05. The van der Waals surface area contributed by atoms with Gasteiger partial charge in [-0.2, -0.15) is 0 Å². The summed E-state index contributed by atoms with van der Waals surface area (Å²) in [5.74, 6) is 0.863. The van der Waals surface area contributed by atoms with Gasteiger partial charge in [0.1, 0.15) is 0 Å². The van der Waals surface area contributed by atoms with Crippen molar-refractivity contribution in [1.29, 1.82) is 0 Å². The van der Waals surface area contributed by atoms with Gasteiger partial charge in [-0.15, -0.1) is 0 Å². The van der Waals surface area contributed by atoms with Gasteiger partial charge < -0.3 is 15.5 Å². The van der Waals surface area contributed by atoms with Crippen molar-refractivity contribution in [2.45, 2.75) is 45.4 Å². The van der Waals surface area contributed by atoms with Crippen LogP contribution in [0.4, 0.5) is 11.4 Å². The van der Waals surface area contributed by atoms with E-state index in [4.69, 9.17) is 5.73 Å². The molecule has 0 amide bonds. The van der Waals surface area contributed by atoms with Crippen LogP contribution in [0.1, 0.15) is 44.6 Å². The van der Waals surface area contributed by atoms with E-state index in [-0.39, 0.29) is 0 Å². The molecular weight excluding hydrogens is 270 g/mol. The lowest BCUT2D eigenvalue weighted by atomic mass is 9.98. The van der Waals surface area contributed by atoms with Crippen LogP contribution in [0.3, 0.4) is 0 Å². The summed E-state index contributed by atoms with van der Waals surface area (Å²) in [5, 5.41) is 0. The number of nitrogens with two attached hydrogens (primary N) is 1. The van der Waals surface area contributed by atoms with Crippen LogP contribution in [0.5, 0.6) is 0 Å². The van der Waals surface area contributed by atoms with E-state index in [1.165, 1.54) is 63.0 Å². The molecule has 2 fully saturated rings. The number of rotatable bonds is 5. The molecule has 0 aliphatic carbocycles. The highest BCUT2D eigenvalue weighted by Gasteiger charge is 2.17. The quantitative estimate of drug-likeness (QED) is 0.844. The van der Waals surface area contributed by atoms with E-state index in [2.05, 4.69) is 34.9 Å². The number of piperidine rings is 1. The van der Waals surface area contributed by atoms with Crippen LogP contribution in [-0.2, 0) is 6.42 Å². The molecule has 2 aliphatic heterocycles. The molecule has 0 bridgehead atoms. The van der Waals surface area contributed by atoms with E-state index in [0.717, 1.165) is 31.1 Å². The van der Waals surface area contributed by atoms with Crippen LogP contribution in [0.25, 0.3) is 0 Å². The van der Waals surface area contributed by atoms with Crippen LogP contribution in [0.2, 0.25) is 0 Å². The van der Waals surface area contributed by atoms with Crippen molar-refractivity contribution >= 4 is 11.4 Å². The Hall–Kier alpha value is -1.22. The second-order valence-electron chi connectivity index (χ2n) is 7.22. The van der Waals surface area contributed by atoms with Gasteiger partial charge in [-0.25, -0.2) is 0 Å². The number of nitrogen functional groups attached to an aromatic ring is 1. The SMILES string of the molecule is CC1CCN(c2ccc(CCCN3CCCC3)cc2N)CC1. The summed E-state index contributed by atoms with van der Waals surface area (Å²) in [6, 6.07) is 6.74. The Balaban J connectivity index is 1.52. The van der Waals surface area contributed by atoms with Gasteiger partial charge in [0, 0.05) is 13.1 Å². The second-order valence-corrected chi connectivity index (χ2v) is 7.22. The first-order valence-corrected chi connectivity index (χ1v) is 9.08. The molecule has 0 radical (unpaired) electrons. The average molecular weight is 301 g/mol. The Bertz CT molecular complexity index is 472. The largest absolute Gasteiger partial charge is 0.397 e. The highest BCUT2D eigenvalue weighted by atomic mass is 15.1. The molecule has 2 N–H and O–H groups in total. The zero-order chi connectivity index (χ0) is 15.4. The van der Waals surface area contributed by atoms with Crippen LogP contribution < -0.4 is 10.6 Å². The van der Waals surface area contributed by atoms with Gasteiger partial charge in [0.25, 0.3) is 0 Å². The van der Waals surface area contributed by atoms with Gasteiger partial charge in [-0.05, 0) is 81.8 Å². The van der Waals surface area contributed by atoms with E-state index >= 15 is 0 Å². The lowest BCUT2D eigenvalue weighted by Crippen LogP contribution is -2.33. The topological polar surface area (TPSA) is 32.5 Å². The summed E-state index contributed by atoms with van der Waals surface area (Å²) in [5.41, 5.74) is 9.93. The van der Waals surface area contributed by atoms with Gasteiger partial charge in [-0.3, -0.25) is 0 Å². The maximum Gasteiger partial charge on any atom is 0.0600 e. The molecule has 2 heterocycles. The lowest BCUT2D eigenvalue weighted by molar-refractivity contribution is 0.334. The highest BCUT2D eigenvalue weighted by Crippen LogP contribution is 2.29. The van der Waals surface area contributed by atoms with Gasteiger partial charge in [0.05, 0.1) is 11.4 Å². The first-order valence-electron chi connectivity index (χ1n) is 9.08. The van der Waals surface area contributed by atoms with E-state index in [0.29, 0.717) is 0 Å². The first kappa shape index (κ1) is 15.7. The second kappa shape index (κ2) is 7.36. The fraction of sp³-hybridized carbons (Fsp3) is 0.684. The Labute approximate surface area is 135 Å². The molecule has 0 unspecified atom stereocenters. The molecule has 122 valence electrons. The number of benzene rings is 1. The Morgan fingerprint density at radius 1 is 1.09 bits per heavy atom. The Morgan fingerprint density at radius 3 is 2.50 bits per heavy atom. The van der Waals surface area contributed by atoms with Crippen molar-refractivity contribution in [1.82, 2.24) is 4.90 Å². The van der Waals surface area contributed by atoms with Crippen molar-refractivity contribution in [3.63, 3.8) is 0 Å². The van der Waals surface area contributed by atoms with Crippen molar-refractivity contribution in [3.8, 4) is 0 Å². The third kappa shape index (κ3) is 3.95. The Kier molecular flexibility index (Phi) is 5.24. The van der Waals surface area contributed by atoms with Gasteiger partial charge in [-0.1, -0.05) is 13.0 Å². The molecule has 2 aliphatic rings. The van der Waals surface area contributed by atoms with Crippen molar-refractivity contribution in [2.75, 3.05) is 43.4 Å². The fourth-order valence-electron chi connectivity index (χ4n) is 3.81. The Morgan fingerprint density at radius 2 is 1.82 bits per heavy atom. The van der Waals surface area contributed by atoms with Gasteiger partial charge in [0.15, 0.2) is 0 Å². The molecule has 0 aromatic heterocycles. The van der Waals surface area contributed by atoms with Crippen LogP contribution in [0, 0.1) is 5.92 Å². The summed E-state index contributed by atoms with van der Waals surface area (Å²) in [6.07, 6.45) is 7.75. The monoisotopic (exact) mass is 301 g/mol. The first-order chi connectivity index (χ1) is 10.7. The van der Waals surface area contributed by atoms with Crippen molar-refractivity contribution in [2.24, 2.45) is 5.92 Å². The third-order valence-electron chi connectivity index (χ3n) is 5.35. The molecule has 2 saturated heterocycles. The molecule has 22 heavy (non-hydrogen) atoms. The minimum atomic E-state index is 0.863. The fourth-order valence-corrected chi connectivity index (χ4v) is 3.81. The zero-order valence-corrected chi connectivity index (χ0v) is 14.1. The summed E-state index contributed by atoms with van der Waals surface area (Å²) in [7, 11) is 0. The molecule has 3 heteroatoms. The normalized spacial score (nSPS) is 20.7.